The molecule has 0 spiro atoms. The third kappa shape index (κ3) is 8.59. The van der Waals surface area contributed by atoms with Gasteiger partial charge in [0.1, 0.15) is 6.04 Å². The Hall–Kier alpha value is -6.43. The van der Waals surface area contributed by atoms with Crippen LogP contribution < -0.4 is 10.2 Å². The molecule has 1 aliphatic carbocycles. The van der Waals surface area contributed by atoms with Crippen LogP contribution in [0.1, 0.15) is 52.0 Å². The average molecular weight is 751 g/mol. The van der Waals surface area contributed by atoms with Crippen LogP contribution in [0.2, 0.25) is 0 Å². The summed E-state index contributed by atoms with van der Waals surface area (Å²) in [5, 5.41) is 29.5. The number of aromatic amines is 1. The number of hydrogen-bond donors (Lipinski definition) is 3. The molecule has 7 rings (SSSR count). The molecule has 2 heterocycles. The fourth-order valence-corrected chi connectivity index (χ4v) is 7.58. The molecule has 0 saturated heterocycles. The second kappa shape index (κ2) is 16.5. The van der Waals surface area contributed by atoms with Gasteiger partial charge in [-0.3, -0.25) is 19.5 Å². The van der Waals surface area contributed by atoms with Crippen molar-refractivity contribution >= 4 is 40.1 Å². The summed E-state index contributed by atoms with van der Waals surface area (Å²) >= 11 is 0. The number of nitrogens with zero attached hydrogens (tertiary/aromatic N) is 6. The molecule has 2 aromatic heterocycles. The maximum atomic E-state index is 14.9. The predicted octanol–water partition coefficient (Wildman–Crippen LogP) is 8.06. The molecular weight excluding hydrogens is 705 g/mol. The van der Waals surface area contributed by atoms with E-state index in [9.17, 15) is 19.5 Å². The summed E-state index contributed by atoms with van der Waals surface area (Å²) < 4.78 is 0. The third-order valence-corrected chi connectivity index (χ3v) is 10.7. The van der Waals surface area contributed by atoms with E-state index >= 15 is 0 Å². The van der Waals surface area contributed by atoms with E-state index in [1.165, 1.54) is 4.90 Å². The number of fused-ring (bicyclic) bond motifs is 1. The minimum atomic E-state index is -0.937. The lowest BCUT2D eigenvalue weighted by molar-refractivity contribution is -0.130. The number of hydrogen-bond acceptors (Lipinski definition) is 7. The zero-order chi connectivity index (χ0) is 39.2. The quantitative estimate of drug-likeness (QED) is 0.120. The van der Waals surface area contributed by atoms with Gasteiger partial charge in [0.25, 0.3) is 5.91 Å². The van der Waals surface area contributed by atoms with Crippen molar-refractivity contribution in [1.29, 1.82) is 0 Å². The highest BCUT2D eigenvalue weighted by molar-refractivity contribution is 6.05. The van der Waals surface area contributed by atoms with E-state index in [-0.39, 0.29) is 30.1 Å². The molecule has 56 heavy (non-hydrogen) atoms. The lowest BCUT2D eigenvalue weighted by Gasteiger charge is -2.38. The second-order valence-corrected chi connectivity index (χ2v) is 15.4. The minimum absolute atomic E-state index is 0.159. The Balaban J connectivity index is 1.16. The lowest BCUT2D eigenvalue weighted by atomic mass is 9.80. The van der Waals surface area contributed by atoms with E-state index in [1.54, 1.807) is 4.90 Å². The first kappa shape index (κ1) is 37.9. The van der Waals surface area contributed by atoms with Crippen LogP contribution in [0.25, 0.3) is 33.3 Å². The van der Waals surface area contributed by atoms with Crippen LogP contribution in [0, 0.1) is 11.8 Å². The van der Waals surface area contributed by atoms with Gasteiger partial charge < -0.3 is 15.3 Å². The number of amides is 3. The van der Waals surface area contributed by atoms with Gasteiger partial charge in [-0.25, -0.2) is 4.79 Å². The lowest BCUT2D eigenvalue weighted by Crippen LogP contribution is -2.51. The van der Waals surface area contributed by atoms with Gasteiger partial charge in [0.2, 0.25) is 11.7 Å². The Morgan fingerprint density at radius 2 is 1.48 bits per heavy atom. The molecule has 12 nitrogen and oxygen atoms in total. The SMILES string of the molecule is CC(C)(C)N(CC1CCC(C(=O)N[C@@H](Cc2ccc(-c3cncc4ccccc34)cc2)C(=O)N(c2ccccc2)c2ccc(-c3nn[nH]n3)cc2)CC1)C(=O)O. The normalized spacial score (nSPS) is 16.2. The number of nitrogens with one attached hydrogen (secondary N) is 2. The molecule has 0 unspecified atom stereocenters. The van der Waals surface area contributed by atoms with Crippen LogP contribution in [-0.4, -0.2) is 71.6 Å². The topological polar surface area (TPSA) is 157 Å². The van der Waals surface area contributed by atoms with Gasteiger partial charge in [0, 0.05) is 64.7 Å². The van der Waals surface area contributed by atoms with Crippen molar-refractivity contribution in [2.45, 2.75) is 64.5 Å². The monoisotopic (exact) mass is 750 g/mol. The van der Waals surface area contributed by atoms with Crippen LogP contribution in [0.5, 0.6) is 0 Å². The van der Waals surface area contributed by atoms with Crippen molar-refractivity contribution in [2.75, 3.05) is 11.4 Å². The number of H-pyrrole nitrogens is 1. The standard InChI is InChI=1S/C44H46N8O4/c1-44(2,3)51(43(55)56)28-30-15-19-33(20-16-30)41(53)46-39(25-29-13-17-31(18-14-29)38-27-45-26-34-9-7-8-12-37(34)38)42(54)52(35-10-5-4-6-11-35)36-23-21-32(22-24-36)40-47-49-50-48-40/h4-14,17-18,21-24,26-27,30,33,39H,15-16,19-20,25,28H2,1-3H3,(H,46,53)(H,55,56)(H,47,48,49,50)/t30?,33?,39-/m0/s1. The van der Waals surface area contributed by atoms with Gasteiger partial charge in [-0.15, -0.1) is 10.2 Å². The summed E-state index contributed by atoms with van der Waals surface area (Å²) in [5.41, 5.74) is 4.40. The number of tetrazole rings is 1. The van der Waals surface area contributed by atoms with E-state index in [4.69, 9.17) is 0 Å². The molecule has 6 aromatic rings. The molecule has 3 N–H and O–H groups in total. The molecule has 1 saturated carbocycles. The van der Waals surface area contributed by atoms with E-state index < -0.39 is 17.7 Å². The van der Waals surface area contributed by atoms with Crippen molar-refractivity contribution in [3.05, 3.63) is 121 Å². The van der Waals surface area contributed by atoms with Crippen molar-refractivity contribution in [2.24, 2.45) is 11.8 Å². The molecule has 3 amide bonds. The number of rotatable bonds is 11. The molecule has 0 aliphatic heterocycles. The fourth-order valence-electron chi connectivity index (χ4n) is 7.58. The molecule has 0 radical (unpaired) electrons. The summed E-state index contributed by atoms with van der Waals surface area (Å²) in [7, 11) is 0. The number of carbonyl (C=O) groups is 3. The van der Waals surface area contributed by atoms with Crippen LogP contribution in [0.4, 0.5) is 16.2 Å². The summed E-state index contributed by atoms with van der Waals surface area (Å²) in [4.78, 5) is 48.7. The number of pyridine rings is 1. The van der Waals surface area contributed by atoms with Crippen molar-refractivity contribution in [3.8, 4) is 22.5 Å². The highest BCUT2D eigenvalue weighted by Crippen LogP contribution is 2.33. The van der Waals surface area contributed by atoms with Crippen molar-refractivity contribution in [1.82, 2.24) is 35.8 Å². The highest BCUT2D eigenvalue weighted by Gasteiger charge is 2.35. The Morgan fingerprint density at radius 3 is 2.14 bits per heavy atom. The second-order valence-electron chi connectivity index (χ2n) is 15.4. The maximum absolute atomic E-state index is 14.9. The Labute approximate surface area is 326 Å². The van der Waals surface area contributed by atoms with Crippen LogP contribution in [0.3, 0.4) is 0 Å². The van der Waals surface area contributed by atoms with E-state index in [2.05, 4.69) is 37.0 Å². The molecule has 1 fully saturated rings. The van der Waals surface area contributed by atoms with Crippen molar-refractivity contribution in [3.63, 3.8) is 0 Å². The molecule has 0 bridgehead atoms. The Morgan fingerprint density at radius 1 is 0.821 bits per heavy atom. The number of benzene rings is 4. The smallest absolute Gasteiger partial charge is 0.407 e. The zero-order valence-corrected chi connectivity index (χ0v) is 31.8. The number of para-hydroxylation sites is 1. The first-order chi connectivity index (χ1) is 27.0. The van der Waals surface area contributed by atoms with Crippen LogP contribution in [-0.2, 0) is 16.0 Å². The maximum Gasteiger partial charge on any atom is 0.407 e. The zero-order valence-electron chi connectivity index (χ0n) is 31.8. The Kier molecular flexibility index (Phi) is 11.2. The van der Waals surface area contributed by atoms with Gasteiger partial charge in [0.05, 0.1) is 0 Å². The van der Waals surface area contributed by atoms with E-state index in [1.807, 2.05) is 130 Å². The van der Waals surface area contributed by atoms with E-state index in [0.29, 0.717) is 36.6 Å². The number of anilines is 2. The molecule has 12 heteroatoms. The summed E-state index contributed by atoms with van der Waals surface area (Å²) in [5.74, 6) is -0.158. The van der Waals surface area contributed by atoms with Gasteiger partial charge in [-0.2, -0.15) is 5.21 Å². The number of carbonyl (C=O) groups excluding carboxylic acids is 2. The largest absolute Gasteiger partial charge is 0.465 e. The summed E-state index contributed by atoms with van der Waals surface area (Å²) in [6.45, 7) is 6.11. The highest BCUT2D eigenvalue weighted by atomic mass is 16.4. The molecule has 1 atom stereocenters. The number of carboxylic acid groups (broad SMARTS) is 1. The summed E-state index contributed by atoms with van der Waals surface area (Å²) in [6, 6.07) is 32.0. The first-order valence-corrected chi connectivity index (χ1v) is 19.0. The van der Waals surface area contributed by atoms with Gasteiger partial charge >= 0.3 is 6.09 Å². The average Bonchev–Trinajstić information content (AvgIpc) is 3.76. The predicted molar refractivity (Wildman–Crippen MR) is 216 cm³/mol. The van der Waals surface area contributed by atoms with Gasteiger partial charge in [0.15, 0.2) is 0 Å². The fraction of sp³-hybridized carbons (Fsp3) is 0.295. The minimum Gasteiger partial charge on any atom is -0.465 e. The van der Waals surface area contributed by atoms with Gasteiger partial charge in [-0.05, 0) is 110 Å². The van der Waals surface area contributed by atoms with Gasteiger partial charge in [-0.1, -0.05) is 66.7 Å². The van der Waals surface area contributed by atoms with Crippen LogP contribution in [0.15, 0.2) is 116 Å². The summed E-state index contributed by atoms with van der Waals surface area (Å²) in [6.07, 6.45) is 5.72. The molecule has 1 aliphatic rings. The number of aromatic nitrogens is 5. The third-order valence-electron chi connectivity index (χ3n) is 10.7. The molecule has 286 valence electrons. The van der Waals surface area contributed by atoms with Crippen LogP contribution >= 0.6 is 0 Å². The van der Waals surface area contributed by atoms with Crippen molar-refractivity contribution < 1.29 is 19.5 Å². The van der Waals surface area contributed by atoms with E-state index in [0.717, 1.165) is 45.9 Å². The molecular formula is C44H46N8O4. The Bertz CT molecular complexity index is 2260. The first-order valence-electron chi connectivity index (χ1n) is 19.0. The molecule has 4 aromatic carbocycles.